The van der Waals surface area contributed by atoms with Gasteiger partial charge in [0.1, 0.15) is 0 Å². The van der Waals surface area contributed by atoms with E-state index >= 15 is 0 Å². The Labute approximate surface area is 89.2 Å². The van der Waals surface area contributed by atoms with Crippen LogP contribution in [0.1, 0.15) is 26.7 Å². The van der Waals surface area contributed by atoms with Crippen LogP contribution in [-0.4, -0.2) is 25.4 Å². The molecule has 0 fully saturated rings. The Morgan fingerprint density at radius 1 is 1.36 bits per heavy atom. The molecule has 0 radical (unpaired) electrons. The lowest BCUT2D eigenvalue weighted by Crippen LogP contribution is -2.33. The van der Waals surface area contributed by atoms with E-state index in [1.54, 1.807) is 0 Å². The molecule has 0 saturated heterocycles. The first-order valence-corrected chi connectivity index (χ1v) is 6.93. The fourth-order valence-corrected chi connectivity index (χ4v) is 3.57. The van der Waals surface area contributed by atoms with Crippen LogP contribution < -0.4 is 0 Å². The van der Waals surface area contributed by atoms with Crippen molar-refractivity contribution >= 4 is 19.7 Å². The molecule has 0 spiro atoms. The monoisotopic (exact) mass is 238 g/mol. The minimum absolute atomic E-state index is 0.124. The summed E-state index contributed by atoms with van der Waals surface area (Å²) in [6.45, 7) is 3.76. The van der Waals surface area contributed by atoms with Crippen LogP contribution >= 0.6 is 10.7 Å². The molecule has 82 valence electrons. The fraction of sp³-hybridized carbons (Fsp3) is 0.778. The zero-order chi connectivity index (χ0) is 10.9. The largest absolute Gasteiger partial charge is 0.396 e. The van der Waals surface area contributed by atoms with Crippen LogP contribution in [0.15, 0.2) is 11.1 Å². The second kappa shape index (κ2) is 4.21. The smallest absolute Gasteiger partial charge is 0.236 e. The van der Waals surface area contributed by atoms with E-state index in [-0.39, 0.29) is 12.5 Å². The first kappa shape index (κ1) is 12.0. The molecule has 0 aromatic rings. The predicted molar refractivity (Wildman–Crippen MR) is 56.7 cm³/mol. The molecule has 2 unspecified atom stereocenters. The van der Waals surface area contributed by atoms with Crippen molar-refractivity contribution in [3.05, 3.63) is 11.1 Å². The molecule has 0 saturated carbocycles. The first-order valence-electron chi connectivity index (χ1n) is 4.55. The minimum Gasteiger partial charge on any atom is -0.396 e. The van der Waals surface area contributed by atoms with Gasteiger partial charge in [-0.05, 0) is 26.7 Å². The maximum Gasteiger partial charge on any atom is 0.236 e. The Bertz CT molecular complexity index is 345. The van der Waals surface area contributed by atoms with E-state index in [2.05, 4.69) is 0 Å². The van der Waals surface area contributed by atoms with Gasteiger partial charge in [-0.15, -0.1) is 0 Å². The number of aliphatic hydroxyl groups excluding tert-OH is 1. The molecule has 1 rings (SSSR count). The van der Waals surface area contributed by atoms with E-state index in [0.717, 1.165) is 5.57 Å². The third-order valence-corrected chi connectivity index (χ3v) is 4.89. The highest BCUT2D eigenvalue weighted by atomic mass is 35.7. The molecule has 0 aliphatic heterocycles. The summed E-state index contributed by atoms with van der Waals surface area (Å²) in [7, 11) is 1.77. The molecular formula is C9H15ClO3S. The topological polar surface area (TPSA) is 54.4 Å². The zero-order valence-electron chi connectivity index (χ0n) is 8.33. The van der Waals surface area contributed by atoms with Crippen molar-refractivity contribution in [3.8, 4) is 0 Å². The van der Waals surface area contributed by atoms with Gasteiger partial charge in [0, 0.05) is 23.2 Å². The molecule has 2 atom stereocenters. The van der Waals surface area contributed by atoms with E-state index < -0.39 is 14.3 Å². The molecule has 0 aromatic heterocycles. The summed E-state index contributed by atoms with van der Waals surface area (Å²) in [4.78, 5) is 0. The van der Waals surface area contributed by atoms with Gasteiger partial charge in [0.2, 0.25) is 9.05 Å². The number of hydrogen-bond donors (Lipinski definition) is 1. The molecule has 3 nitrogen and oxygen atoms in total. The van der Waals surface area contributed by atoms with Gasteiger partial charge >= 0.3 is 0 Å². The predicted octanol–water partition coefficient (Wildman–Crippen LogP) is 1.66. The van der Waals surface area contributed by atoms with Crippen LogP contribution in [-0.2, 0) is 9.05 Å². The Balaban J connectivity index is 2.98. The van der Waals surface area contributed by atoms with Gasteiger partial charge in [0.25, 0.3) is 0 Å². The van der Waals surface area contributed by atoms with Crippen molar-refractivity contribution < 1.29 is 13.5 Å². The van der Waals surface area contributed by atoms with Gasteiger partial charge in [-0.3, -0.25) is 0 Å². The summed E-state index contributed by atoms with van der Waals surface area (Å²) >= 11 is 0. The molecule has 1 aliphatic carbocycles. The molecule has 0 amide bonds. The Kier molecular flexibility index (Phi) is 3.61. The van der Waals surface area contributed by atoms with Crippen LogP contribution in [0.25, 0.3) is 0 Å². The molecule has 14 heavy (non-hydrogen) atoms. The van der Waals surface area contributed by atoms with Crippen molar-refractivity contribution in [2.24, 2.45) is 5.92 Å². The van der Waals surface area contributed by atoms with Crippen LogP contribution in [0.5, 0.6) is 0 Å². The molecule has 1 aliphatic rings. The van der Waals surface area contributed by atoms with Crippen LogP contribution in [0.4, 0.5) is 0 Å². The Morgan fingerprint density at radius 2 is 1.86 bits per heavy atom. The highest BCUT2D eigenvalue weighted by Gasteiger charge is 2.35. The molecule has 0 heterocycles. The molecule has 5 heteroatoms. The maximum absolute atomic E-state index is 11.2. The van der Waals surface area contributed by atoms with Gasteiger partial charge in [0.15, 0.2) is 0 Å². The number of aliphatic hydroxyl groups is 1. The van der Waals surface area contributed by atoms with Crippen LogP contribution in [0.3, 0.4) is 0 Å². The average molecular weight is 239 g/mol. The molecule has 0 aromatic carbocycles. The Hall–Kier alpha value is -0.0600. The number of allylic oxidation sites excluding steroid dienone is 2. The Morgan fingerprint density at radius 3 is 2.29 bits per heavy atom. The summed E-state index contributed by atoms with van der Waals surface area (Å²) in [5, 5.41) is 8.46. The lowest BCUT2D eigenvalue weighted by atomic mass is 9.85. The van der Waals surface area contributed by atoms with Crippen molar-refractivity contribution in [1.29, 1.82) is 0 Å². The lowest BCUT2D eigenvalue weighted by Gasteiger charge is -2.29. The van der Waals surface area contributed by atoms with E-state index in [4.69, 9.17) is 15.8 Å². The van der Waals surface area contributed by atoms with Gasteiger partial charge < -0.3 is 5.11 Å². The highest BCUT2D eigenvalue weighted by molar-refractivity contribution is 8.14. The molecule has 1 N–H and O–H groups in total. The van der Waals surface area contributed by atoms with E-state index in [0.29, 0.717) is 12.8 Å². The number of rotatable bonds is 2. The summed E-state index contributed by atoms with van der Waals surface area (Å²) in [5.74, 6) is -0.249. The van der Waals surface area contributed by atoms with Crippen LogP contribution in [0, 0.1) is 5.92 Å². The van der Waals surface area contributed by atoms with E-state index in [1.807, 2.05) is 13.8 Å². The second-order valence-corrected chi connectivity index (χ2v) is 6.77. The molecule has 0 bridgehead atoms. The lowest BCUT2D eigenvalue weighted by molar-refractivity contribution is 0.215. The average Bonchev–Trinajstić information content (AvgIpc) is 2.07. The SMILES string of the molecule is CC1=C(C)CC(S(=O)(=O)Cl)C(CO)C1. The zero-order valence-corrected chi connectivity index (χ0v) is 9.90. The minimum atomic E-state index is -3.57. The van der Waals surface area contributed by atoms with Gasteiger partial charge in [-0.1, -0.05) is 11.1 Å². The van der Waals surface area contributed by atoms with Crippen molar-refractivity contribution in [1.82, 2.24) is 0 Å². The highest BCUT2D eigenvalue weighted by Crippen LogP contribution is 2.34. The standard InChI is InChI=1S/C9H15ClO3S/c1-6-3-8(5-11)9(4-7(6)2)14(10,12)13/h8-9,11H,3-5H2,1-2H3. The second-order valence-electron chi connectivity index (χ2n) is 3.93. The quantitative estimate of drug-likeness (QED) is 0.588. The summed E-state index contributed by atoms with van der Waals surface area (Å²) < 4.78 is 22.5. The summed E-state index contributed by atoms with van der Waals surface area (Å²) in [5.41, 5.74) is 2.24. The third kappa shape index (κ3) is 2.49. The number of halogens is 1. The van der Waals surface area contributed by atoms with Gasteiger partial charge in [0.05, 0.1) is 5.25 Å². The van der Waals surface area contributed by atoms with Crippen LogP contribution in [0.2, 0.25) is 0 Å². The summed E-state index contributed by atoms with van der Waals surface area (Å²) in [6.07, 6.45) is 1.07. The van der Waals surface area contributed by atoms with Gasteiger partial charge in [-0.2, -0.15) is 0 Å². The van der Waals surface area contributed by atoms with E-state index in [1.165, 1.54) is 5.57 Å². The van der Waals surface area contributed by atoms with E-state index in [9.17, 15) is 8.42 Å². The number of hydrogen-bond acceptors (Lipinski definition) is 3. The van der Waals surface area contributed by atoms with Crippen molar-refractivity contribution in [2.45, 2.75) is 31.9 Å². The third-order valence-electron chi connectivity index (χ3n) is 2.93. The normalized spacial score (nSPS) is 29.4. The fourth-order valence-electron chi connectivity index (χ4n) is 1.85. The van der Waals surface area contributed by atoms with Crippen molar-refractivity contribution in [2.75, 3.05) is 6.61 Å². The first-order chi connectivity index (χ1) is 6.36. The van der Waals surface area contributed by atoms with Crippen molar-refractivity contribution in [3.63, 3.8) is 0 Å². The summed E-state index contributed by atoms with van der Waals surface area (Å²) in [6, 6.07) is 0. The molecular weight excluding hydrogens is 224 g/mol. The van der Waals surface area contributed by atoms with Gasteiger partial charge in [-0.25, -0.2) is 8.42 Å². The maximum atomic E-state index is 11.2.